The van der Waals surface area contributed by atoms with E-state index in [9.17, 15) is 0 Å². The van der Waals surface area contributed by atoms with Crippen LogP contribution >= 0.6 is 0 Å². The molecular weight excluding hydrogens is 861 g/mol. The maximum absolute atomic E-state index is 7.16. The molecule has 0 bridgehead atoms. The highest BCUT2D eigenvalue weighted by molar-refractivity contribution is 6.18. The molecule has 12 aromatic carbocycles. The van der Waals surface area contributed by atoms with Gasteiger partial charge in [-0.1, -0.05) is 200 Å². The fraction of sp³-hybridized carbons (Fsp3) is 0. The van der Waals surface area contributed by atoms with Gasteiger partial charge in [0.15, 0.2) is 0 Å². The van der Waals surface area contributed by atoms with Crippen LogP contribution in [0.5, 0.6) is 0 Å². The van der Waals surface area contributed by atoms with Crippen LogP contribution < -0.4 is 4.90 Å². The van der Waals surface area contributed by atoms with E-state index in [2.05, 4.69) is 276 Å². The Labute approximate surface area is 411 Å². The lowest BCUT2D eigenvalue weighted by molar-refractivity contribution is 0.670. The minimum absolute atomic E-state index is 0.836. The van der Waals surface area contributed by atoms with Crippen molar-refractivity contribution < 1.29 is 4.42 Å². The topological polar surface area (TPSA) is 21.3 Å². The largest absolute Gasteiger partial charge is 0.455 e. The molecule has 2 heterocycles. The van der Waals surface area contributed by atoms with Gasteiger partial charge in [0.05, 0.1) is 33.5 Å². The van der Waals surface area contributed by atoms with Crippen molar-refractivity contribution in [2.75, 3.05) is 4.90 Å². The van der Waals surface area contributed by atoms with Gasteiger partial charge in [0, 0.05) is 38.5 Å². The SMILES string of the molecule is c1ccc(-c2cc(-c3ccc4ccccc4c3)ccc2N(c2ccc(-c3cccc4ccccc34)cc2)c2ccc(-c3ccccc3-n3c4ccccc4c4ccccc43)c3oc4ccccc4c23)cc1. The quantitative estimate of drug-likeness (QED) is 0.151. The van der Waals surface area contributed by atoms with Crippen LogP contribution in [0.4, 0.5) is 17.1 Å². The molecule has 0 fully saturated rings. The maximum atomic E-state index is 7.16. The van der Waals surface area contributed by atoms with Crippen LogP contribution in [0.2, 0.25) is 0 Å². The van der Waals surface area contributed by atoms with Crippen LogP contribution in [0.25, 0.3) is 115 Å². The van der Waals surface area contributed by atoms with E-state index in [4.69, 9.17) is 4.42 Å². The summed E-state index contributed by atoms with van der Waals surface area (Å²) in [4.78, 5) is 2.45. The summed E-state index contributed by atoms with van der Waals surface area (Å²) in [5, 5.41) is 9.47. The average molecular weight is 905 g/mol. The highest BCUT2D eigenvalue weighted by atomic mass is 16.3. The number of para-hydroxylation sites is 4. The summed E-state index contributed by atoms with van der Waals surface area (Å²) in [5.74, 6) is 0. The number of hydrogen-bond donors (Lipinski definition) is 0. The second-order valence-corrected chi connectivity index (χ2v) is 18.4. The van der Waals surface area contributed by atoms with Crippen LogP contribution in [-0.2, 0) is 0 Å². The van der Waals surface area contributed by atoms with Crippen LogP contribution in [-0.4, -0.2) is 4.57 Å². The van der Waals surface area contributed by atoms with Crippen molar-refractivity contribution in [3.8, 4) is 50.2 Å². The van der Waals surface area contributed by atoms with Gasteiger partial charge in [0.2, 0.25) is 0 Å². The van der Waals surface area contributed by atoms with E-state index >= 15 is 0 Å². The number of anilines is 3. The third-order valence-electron chi connectivity index (χ3n) is 14.4. The third kappa shape index (κ3) is 6.74. The lowest BCUT2D eigenvalue weighted by atomic mass is 9.94. The van der Waals surface area contributed by atoms with E-state index < -0.39 is 0 Å². The van der Waals surface area contributed by atoms with Gasteiger partial charge in [-0.25, -0.2) is 0 Å². The van der Waals surface area contributed by atoms with Gasteiger partial charge < -0.3 is 13.9 Å². The standard InChI is InChI=1S/C68H44N2O/c1-2-18-47(19-3-1)60-44-51(50-34-33-45-17-4-5-21-49(45)43-50)37-41-64(60)69(52-38-35-48(36-39-52)54-28-16-22-46-20-6-7-23-53(46)54)65-42-40-58(68-67(65)59-27-11-15-32-66(59)71-68)57-26-10-14-31-63(57)70-61-29-12-8-24-55(61)56-25-9-13-30-62(56)70/h1-44H. The summed E-state index contributed by atoms with van der Waals surface area (Å²) < 4.78 is 9.57. The molecule has 14 aromatic rings. The summed E-state index contributed by atoms with van der Waals surface area (Å²) in [5.41, 5.74) is 17.3. The zero-order valence-corrected chi connectivity index (χ0v) is 38.7. The first-order valence-corrected chi connectivity index (χ1v) is 24.3. The molecule has 0 amide bonds. The lowest BCUT2D eigenvalue weighted by Crippen LogP contribution is -2.12. The second-order valence-electron chi connectivity index (χ2n) is 18.4. The monoisotopic (exact) mass is 904 g/mol. The number of furan rings is 1. The molecular formula is C68H44N2O. The van der Waals surface area contributed by atoms with Gasteiger partial charge >= 0.3 is 0 Å². The normalized spacial score (nSPS) is 11.7. The van der Waals surface area contributed by atoms with E-state index in [0.717, 1.165) is 89.1 Å². The smallest absolute Gasteiger partial charge is 0.145 e. The van der Waals surface area contributed by atoms with Crippen molar-refractivity contribution in [3.05, 3.63) is 267 Å². The van der Waals surface area contributed by atoms with Gasteiger partial charge in [0.25, 0.3) is 0 Å². The summed E-state index contributed by atoms with van der Waals surface area (Å²) in [7, 11) is 0. The van der Waals surface area contributed by atoms with Crippen molar-refractivity contribution in [2.45, 2.75) is 0 Å². The molecule has 0 unspecified atom stereocenters. The van der Waals surface area contributed by atoms with Crippen LogP contribution in [0.1, 0.15) is 0 Å². The zero-order valence-electron chi connectivity index (χ0n) is 38.7. The average Bonchev–Trinajstić information content (AvgIpc) is 4.00. The summed E-state index contributed by atoms with van der Waals surface area (Å²) in [6.45, 7) is 0. The molecule has 0 spiro atoms. The van der Waals surface area contributed by atoms with Gasteiger partial charge in [-0.3, -0.25) is 0 Å². The predicted molar refractivity (Wildman–Crippen MR) is 299 cm³/mol. The Hall–Kier alpha value is -9.44. The van der Waals surface area contributed by atoms with E-state index in [1.807, 2.05) is 0 Å². The van der Waals surface area contributed by atoms with Gasteiger partial charge in [0.1, 0.15) is 11.2 Å². The Bertz CT molecular complexity index is 4290. The molecule has 0 aliphatic heterocycles. The Morgan fingerprint density at radius 3 is 1.68 bits per heavy atom. The number of hydrogen-bond acceptors (Lipinski definition) is 2. The van der Waals surface area contributed by atoms with Crippen molar-refractivity contribution in [1.29, 1.82) is 0 Å². The molecule has 3 heteroatoms. The molecule has 0 atom stereocenters. The minimum atomic E-state index is 0.836. The molecule has 0 aliphatic carbocycles. The highest BCUT2D eigenvalue weighted by Crippen LogP contribution is 2.50. The molecule has 14 rings (SSSR count). The number of fused-ring (bicyclic) bond motifs is 8. The molecule has 0 aliphatic rings. The van der Waals surface area contributed by atoms with Gasteiger partial charge in [-0.2, -0.15) is 0 Å². The molecule has 0 radical (unpaired) electrons. The first kappa shape index (κ1) is 40.6. The first-order valence-electron chi connectivity index (χ1n) is 24.3. The van der Waals surface area contributed by atoms with Crippen molar-refractivity contribution in [3.63, 3.8) is 0 Å². The van der Waals surface area contributed by atoms with Crippen molar-refractivity contribution in [2.24, 2.45) is 0 Å². The van der Waals surface area contributed by atoms with E-state index in [1.54, 1.807) is 0 Å². The van der Waals surface area contributed by atoms with Gasteiger partial charge in [-0.15, -0.1) is 0 Å². The summed E-state index contributed by atoms with van der Waals surface area (Å²) in [6, 6.07) is 96.7. The third-order valence-corrected chi connectivity index (χ3v) is 14.4. The van der Waals surface area contributed by atoms with Crippen LogP contribution in [0.3, 0.4) is 0 Å². The van der Waals surface area contributed by atoms with Crippen LogP contribution in [0.15, 0.2) is 271 Å². The van der Waals surface area contributed by atoms with Gasteiger partial charge in [-0.05, 0) is 116 Å². The minimum Gasteiger partial charge on any atom is -0.455 e. The molecule has 0 saturated heterocycles. The Balaban J connectivity index is 1.02. The van der Waals surface area contributed by atoms with Crippen molar-refractivity contribution in [1.82, 2.24) is 4.57 Å². The van der Waals surface area contributed by atoms with Crippen LogP contribution in [0, 0.1) is 0 Å². The van der Waals surface area contributed by atoms with E-state index in [-0.39, 0.29) is 0 Å². The molecule has 2 aromatic heterocycles. The first-order chi connectivity index (χ1) is 35.2. The fourth-order valence-electron chi connectivity index (χ4n) is 11.1. The van der Waals surface area contributed by atoms with E-state index in [1.165, 1.54) is 43.4 Å². The van der Waals surface area contributed by atoms with Crippen molar-refractivity contribution >= 4 is 82.4 Å². The Morgan fingerprint density at radius 2 is 0.873 bits per heavy atom. The number of aromatic nitrogens is 1. The highest BCUT2D eigenvalue weighted by Gasteiger charge is 2.26. The molecule has 71 heavy (non-hydrogen) atoms. The number of benzene rings is 12. The molecule has 0 N–H and O–H groups in total. The summed E-state index contributed by atoms with van der Waals surface area (Å²) >= 11 is 0. The fourth-order valence-corrected chi connectivity index (χ4v) is 11.1. The zero-order chi connectivity index (χ0) is 46.8. The predicted octanol–water partition coefficient (Wildman–Crippen LogP) is 19.1. The van der Waals surface area contributed by atoms with E-state index in [0.29, 0.717) is 0 Å². The molecule has 332 valence electrons. The Kier molecular flexibility index (Phi) is 9.53. The number of nitrogens with zero attached hydrogens (tertiary/aromatic N) is 2. The number of rotatable bonds is 8. The second kappa shape index (κ2) is 16.7. The molecule has 3 nitrogen and oxygen atoms in total. The summed E-state index contributed by atoms with van der Waals surface area (Å²) in [6.07, 6.45) is 0. The molecule has 0 saturated carbocycles. The Morgan fingerprint density at radius 1 is 0.310 bits per heavy atom. The maximum Gasteiger partial charge on any atom is 0.145 e. The lowest BCUT2D eigenvalue weighted by Gasteiger charge is -2.29.